The van der Waals surface area contributed by atoms with Gasteiger partial charge in [0.05, 0.1) is 17.3 Å². The molecule has 0 fully saturated rings. The Labute approximate surface area is 137 Å². The van der Waals surface area contributed by atoms with Crippen LogP contribution in [0.25, 0.3) is 0 Å². The van der Waals surface area contributed by atoms with Crippen molar-refractivity contribution < 1.29 is 0 Å². The lowest BCUT2D eigenvalue weighted by Gasteiger charge is -2.39. The van der Waals surface area contributed by atoms with Gasteiger partial charge in [0, 0.05) is 10.0 Å². The zero-order valence-electron chi connectivity index (χ0n) is 11.3. The fourth-order valence-corrected chi connectivity index (χ4v) is 3.33. The van der Waals surface area contributed by atoms with Crippen molar-refractivity contribution in [2.45, 2.75) is 18.0 Å². The third-order valence-electron chi connectivity index (χ3n) is 3.84. The van der Waals surface area contributed by atoms with Gasteiger partial charge in [-0.15, -0.1) is 0 Å². The molecule has 0 saturated carbocycles. The van der Waals surface area contributed by atoms with E-state index in [1.807, 2.05) is 48.5 Å². The summed E-state index contributed by atoms with van der Waals surface area (Å²) in [5.74, 6) is 0. The van der Waals surface area contributed by atoms with Crippen molar-refractivity contribution in [1.82, 2.24) is 0 Å². The summed E-state index contributed by atoms with van der Waals surface area (Å²) in [6, 6.07) is 15.4. The minimum atomic E-state index is -0.768. The highest BCUT2D eigenvalue weighted by atomic mass is 79.9. The van der Waals surface area contributed by atoms with Gasteiger partial charge in [-0.2, -0.15) is 0 Å². The van der Waals surface area contributed by atoms with Crippen molar-refractivity contribution in [3.63, 3.8) is 0 Å². The lowest BCUT2D eigenvalue weighted by atomic mass is 9.77. The molecule has 5 heteroatoms. The van der Waals surface area contributed by atoms with Gasteiger partial charge in [0.1, 0.15) is 5.17 Å². The molecule has 4 N–H and O–H groups in total. The van der Waals surface area contributed by atoms with Crippen LogP contribution >= 0.6 is 27.5 Å². The highest BCUT2D eigenvalue weighted by Gasteiger charge is 2.41. The minimum Gasteiger partial charge on any atom is -0.320 e. The van der Waals surface area contributed by atoms with E-state index in [1.54, 1.807) is 0 Å². The van der Waals surface area contributed by atoms with Gasteiger partial charge in [0.15, 0.2) is 0 Å². The van der Waals surface area contributed by atoms with Gasteiger partial charge in [-0.1, -0.05) is 63.9 Å². The second-order valence-electron chi connectivity index (χ2n) is 5.28. The Morgan fingerprint density at radius 3 is 2.62 bits per heavy atom. The van der Waals surface area contributed by atoms with Gasteiger partial charge < -0.3 is 11.5 Å². The van der Waals surface area contributed by atoms with Crippen molar-refractivity contribution in [3.8, 4) is 0 Å². The van der Waals surface area contributed by atoms with Crippen LogP contribution in [-0.4, -0.2) is 11.2 Å². The molecule has 2 aromatic rings. The van der Waals surface area contributed by atoms with Crippen molar-refractivity contribution >= 4 is 38.4 Å². The molecule has 0 radical (unpaired) electrons. The summed E-state index contributed by atoms with van der Waals surface area (Å²) in [5.41, 5.74) is 15.0. The number of hydrogen-bond donors (Lipinski definition) is 2. The molecule has 0 amide bonds. The van der Waals surface area contributed by atoms with Crippen LogP contribution in [0.4, 0.5) is 5.69 Å². The molecule has 0 spiro atoms. The Hall–Kier alpha value is -1.20. The molecule has 0 bridgehead atoms. The molecule has 108 valence electrons. The standard InChI is InChI=1S/C16H15BrClN3/c17-11-6-7-12-13(8-11)21-15(18)14(19)16(12,20)9-10-4-2-1-3-5-10/h1-8,14H,9,19-20H2. The first kappa shape index (κ1) is 14.7. The summed E-state index contributed by atoms with van der Waals surface area (Å²) < 4.78 is 0.937. The first-order valence-corrected chi connectivity index (χ1v) is 7.80. The second kappa shape index (κ2) is 5.54. The zero-order valence-corrected chi connectivity index (χ0v) is 13.6. The molecule has 0 aliphatic carbocycles. The van der Waals surface area contributed by atoms with Gasteiger partial charge in [0.2, 0.25) is 0 Å². The van der Waals surface area contributed by atoms with E-state index in [0.29, 0.717) is 11.6 Å². The second-order valence-corrected chi connectivity index (χ2v) is 6.58. The van der Waals surface area contributed by atoms with Gasteiger partial charge in [-0.3, -0.25) is 0 Å². The smallest absolute Gasteiger partial charge is 0.125 e. The molecule has 1 heterocycles. The van der Waals surface area contributed by atoms with E-state index in [0.717, 1.165) is 21.3 Å². The first-order chi connectivity index (χ1) is 10.0. The number of benzene rings is 2. The molecule has 0 saturated heterocycles. The quantitative estimate of drug-likeness (QED) is 0.857. The van der Waals surface area contributed by atoms with Crippen molar-refractivity contribution in [1.29, 1.82) is 0 Å². The SMILES string of the molecule is NC1C(Cl)=Nc2cc(Br)ccc2C1(N)Cc1ccccc1. The van der Waals surface area contributed by atoms with Crippen molar-refractivity contribution in [3.05, 3.63) is 64.1 Å². The molecule has 3 nitrogen and oxygen atoms in total. The maximum Gasteiger partial charge on any atom is 0.125 e. The summed E-state index contributed by atoms with van der Waals surface area (Å²) in [5, 5.41) is 0.346. The predicted molar refractivity (Wildman–Crippen MR) is 91.1 cm³/mol. The summed E-state index contributed by atoms with van der Waals surface area (Å²) >= 11 is 9.67. The summed E-state index contributed by atoms with van der Waals surface area (Å²) in [4.78, 5) is 4.37. The number of fused-ring (bicyclic) bond motifs is 1. The molecule has 1 aliphatic rings. The first-order valence-electron chi connectivity index (χ1n) is 6.63. The highest BCUT2D eigenvalue weighted by Crippen LogP contribution is 2.39. The molecule has 0 aromatic heterocycles. The highest BCUT2D eigenvalue weighted by molar-refractivity contribution is 9.10. The number of halogens is 2. The predicted octanol–water partition coefficient (Wildman–Crippen LogP) is 3.46. The lowest BCUT2D eigenvalue weighted by Crippen LogP contribution is -2.58. The minimum absolute atomic E-state index is 0.346. The fourth-order valence-electron chi connectivity index (χ4n) is 2.69. The third-order valence-corrected chi connectivity index (χ3v) is 4.65. The van der Waals surface area contributed by atoms with Crippen LogP contribution in [0.15, 0.2) is 58.0 Å². The molecule has 21 heavy (non-hydrogen) atoms. The van der Waals surface area contributed by atoms with Gasteiger partial charge in [-0.05, 0) is 24.1 Å². The monoisotopic (exact) mass is 363 g/mol. The topological polar surface area (TPSA) is 64.4 Å². The fraction of sp³-hybridized carbons (Fsp3) is 0.188. The van der Waals surface area contributed by atoms with E-state index in [9.17, 15) is 0 Å². The lowest BCUT2D eigenvalue weighted by molar-refractivity contribution is 0.408. The van der Waals surface area contributed by atoms with Gasteiger partial charge >= 0.3 is 0 Å². The molecule has 2 unspecified atom stereocenters. The summed E-state index contributed by atoms with van der Waals surface area (Å²) in [6.45, 7) is 0. The van der Waals surface area contributed by atoms with Crippen LogP contribution < -0.4 is 11.5 Å². The van der Waals surface area contributed by atoms with Crippen LogP contribution in [0, 0.1) is 0 Å². The maximum atomic E-state index is 6.68. The number of aliphatic imine (C=N–C) groups is 1. The van der Waals surface area contributed by atoms with E-state index >= 15 is 0 Å². The van der Waals surface area contributed by atoms with Crippen molar-refractivity contribution in [2.75, 3.05) is 0 Å². The Kier molecular flexibility index (Phi) is 3.88. The molecule has 2 aromatic carbocycles. The number of nitrogens with zero attached hydrogens (tertiary/aromatic N) is 1. The molecular formula is C16H15BrClN3. The number of nitrogens with two attached hydrogens (primary N) is 2. The molecule has 3 rings (SSSR count). The number of hydrogen-bond acceptors (Lipinski definition) is 3. The van der Waals surface area contributed by atoms with Crippen LogP contribution in [0.2, 0.25) is 0 Å². The van der Waals surface area contributed by atoms with E-state index in [1.165, 1.54) is 0 Å². The molecule has 2 atom stereocenters. The Morgan fingerprint density at radius 1 is 1.19 bits per heavy atom. The van der Waals surface area contributed by atoms with Crippen LogP contribution in [0.3, 0.4) is 0 Å². The largest absolute Gasteiger partial charge is 0.320 e. The third kappa shape index (κ3) is 2.64. The molecule has 1 aliphatic heterocycles. The van der Waals surface area contributed by atoms with E-state index in [2.05, 4.69) is 20.9 Å². The maximum absolute atomic E-state index is 6.68. The average Bonchev–Trinajstić information content (AvgIpc) is 2.46. The van der Waals surface area contributed by atoms with Crippen LogP contribution in [0.1, 0.15) is 11.1 Å². The van der Waals surface area contributed by atoms with Gasteiger partial charge in [0.25, 0.3) is 0 Å². The van der Waals surface area contributed by atoms with E-state index < -0.39 is 11.6 Å². The Balaban J connectivity index is 2.10. The Morgan fingerprint density at radius 2 is 1.90 bits per heavy atom. The Bertz CT molecular complexity index is 702. The van der Waals surface area contributed by atoms with Crippen molar-refractivity contribution in [2.24, 2.45) is 16.5 Å². The molecular weight excluding hydrogens is 350 g/mol. The normalized spacial score (nSPS) is 24.4. The van der Waals surface area contributed by atoms with E-state index in [-0.39, 0.29) is 0 Å². The van der Waals surface area contributed by atoms with Crippen LogP contribution in [0.5, 0.6) is 0 Å². The summed E-state index contributed by atoms with van der Waals surface area (Å²) in [7, 11) is 0. The van der Waals surface area contributed by atoms with Gasteiger partial charge in [-0.25, -0.2) is 4.99 Å². The average molecular weight is 365 g/mol. The zero-order chi connectivity index (χ0) is 15.0. The summed E-state index contributed by atoms with van der Waals surface area (Å²) in [6.07, 6.45) is 0.607. The van der Waals surface area contributed by atoms with E-state index in [4.69, 9.17) is 23.1 Å². The van der Waals surface area contributed by atoms with Crippen LogP contribution in [-0.2, 0) is 12.0 Å². The number of rotatable bonds is 2.